The van der Waals surface area contributed by atoms with Crippen LogP contribution in [0.25, 0.3) is 0 Å². The highest BCUT2D eigenvalue weighted by Crippen LogP contribution is 1.95. The average Bonchev–Trinajstić information content (AvgIpc) is 2.05. The Bertz CT molecular complexity index is 116. The number of nitrogens with zero attached hydrogens (tertiary/aromatic N) is 1. The molecule has 0 amide bonds. The van der Waals surface area contributed by atoms with Crippen molar-refractivity contribution in [1.82, 2.24) is 10.2 Å². The van der Waals surface area contributed by atoms with Crippen molar-refractivity contribution in [3.8, 4) is 0 Å². The van der Waals surface area contributed by atoms with E-state index in [1.54, 1.807) is 0 Å². The van der Waals surface area contributed by atoms with Crippen molar-refractivity contribution in [2.45, 2.75) is 12.3 Å². The van der Waals surface area contributed by atoms with Crippen LogP contribution in [0.4, 0.5) is 0 Å². The molecule has 1 aliphatic heterocycles. The highest BCUT2D eigenvalue weighted by atomic mass is 32.1. The predicted octanol–water partition coefficient (Wildman–Crippen LogP) is 0.184. The van der Waals surface area contributed by atoms with Gasteiger partial charge in [-0.3, -0.25) is 4.90 Å². The van der Waals surface area contributed by atoms with Crippen molar-refractivity contribution in [2.24, 2.45) is 0 Å². The Morgan fingerprint density at radius 3 is 2.75 bits per heavy atom. The molecule has 1 atom stereocenters. The van der Waals surface area contributed by atoms with Crippen LogP contribution in [0.5, 0.6) is 0 Å². The molecule has 1 rings (SSSR count). The monoisotopic (exact) mass is 190 g/mol. The molecule has 0 aliphatic carbocycles. The number of hydrogen-bond acceptors (Lipinski definition) is 4. The van der Waals surface area contributed by atoms with E-state index in [9.17, 15) is 0 Å². The smallest absolute Gasteiger partial charge is 0.0594 e. The molecule has 0 aromatic carbocycles. The molecule has 0 saturated carbocycles. The van der Waals surface area contributed by atoms with E-state index in [2.05, 4.69) is 22.8 Å². The first-order valence-corrected chi connectivity index (χ1v) is 5.02. The Hall–Kier alpha value is 0.230. The fourth-order valence-corrected chi connectivity index (χ4v) is 1.39. The molecule has 1 heterocycles. The van der Waals surface area contributed by atoms with Crippen molar-refractivity contribution in [1.29, 1.82) is 0 Å². The van der Waals surface area contributed by atoms with Gasteiger partial charge in [0.25, 0.3) is 0 Å². The molecule has 0 radical (unpaired) electrons. The van der Waals surface area contributed by atoms with Crippen molar-refractivity contribution in [2.75, 3.05) is 39.4 Å². The second-order valence-electron chi connectivity index (χ2n) is 3.08. The van der Waals surface area contributed by atoms with Gasteiger partial charge in [-0.1, -0.05) is 0 Å². The number of thiol groups is 1. The standard InChI is InChI=1S/C8H18N2OS/c1-8(12)9-2-3-10-4-6-11-7-5-10/h8-9,12H,2-7H2,1H3. The summed E-state index contributed by atoms with van der Waals surface area (Å²) in [6.07, 6.45) is 0. The maximum Gasteiger partial charge on any atom is 0.0594 e. The largest absolute Gasteiger partial charge is 0.379 e. The average molecular weight is 190 g/mol. The summed E-state index contributed by atoms with van der Waals surface area (Å²) in [6, 6.07) is 0. The van der Waals surface area contributed by atoms with Crippen LogP contribution in [0.1, 0.15) is 6.92 Å². The zero-order chi connectivity index (χ0) is 8.81. The molecular formula is C8H18N2OS. The van der Waals surface area contributed by atoms with Crippen LogP contribution in [0.3, 0.4) is 0 Å². The van der Waals surface area contributed by atoms with E-state index in [0.29, 0.717) is 5.37 Å². The van der Waals surface area contributed by atoms with Crippen LogP contribution < -0.4 is 5.32 Å². The lowest BCUT2D eigenvalue weighted by molar-refractivity contribution is 0.0384. The van der Waals surface area contributed by atoms with Crippen molar-refractivity contribution < 1.29 is 4.74 Å². The summed E-state index contributed by atoms with van der Waals surface area (Å²) in [4.78, 5) is 2.41. The maximum atomic E-state index is 5.25. The van der Waals surface area contributed by atoms with Gasteiger partial charge in [-0.2, -0.15) is 12.6 Å². The van der Waals surface area contributed by atoms with Gasteiger partial charge in [-0.15, -0.1) is 0 Å². The third kappa shape index (κ3) is 4.30. The molecular weight excluding hydrogens is 172 g/mol. The molecule has 1 unspecified atom stereocenters. The van der Waals surface area contributed by atoms with Gasteiger partial charge >= 0.3 is 0 Å². The fraction of sp³-hybridized carbons (Fsp3) is 1.00. The van der Waals surface area contributed by atoms with Gasteiger partial charge in [0.15, 0.2) is 0 Å². The van der Waals surface area contributed by atoms with Gasteiger partial charge in [0.2, 0.25) is 0 Å². The summed E-state index contributed by atoms with van der Waals surface area (Å²) in [5.41, 5.74) is 0. The van der Waals surface area contributed by atoms with E-state index in [0.717, 1.165) is 39.4 Å². The third-order valence-corrected chi connectivity index (χ3v) is 2.15. The highest BCUT2D eigenvalue weighted by molar-refractivity contribution is 7.80. The Labute approximate surface area is 79.9 Å². The van der Waals surface area contributed by atoms with Gasteiger partial charge < -0.3 is 10.1 Å². The van der Waals surface area contributed by atoms with Crippen LogP contribution in [0, 0.1) is 0 Å². The Balaban J connectivity index is 1.98. The topological polar surface area (TPSA) is 24.5 Å². The molecule has 1 aliphatic rings. The van der Waals surface area contributed by atoms with Gasteiger partial charge in [0.1, 0.15) is 0 Å². The quantitative estimate of drug-likeness (QED) is 0.489. The van der Waals surface area contributed by atoms with Gasteiger partial charge in [0, 0.05) is 31.6 Å². The van der Waals surface area contributed by atoms with E-state index >= 15 is 0 Å². The zero-order valence-corrected chi connectivity index (χ0v) is 8.52. The van der Waals surface area contributed by atoms with Crippen molar-refractivity contribution >= 4 is 12.6 Å². The minimum Gasteiger partial charge on any atom is -0.379 e. The summed E-state index contributed by atoms with van der Waals surface area (Å²) in [6.45, 7) is 8.08. The SMILES string of the molecule is CC(S)NCCN1CCOCC1. The molecule has 0 aromatic heterocycles. The molecule has 12 heavy (non-hydrogen) atoms. The lowest BCUT2D eigenvalue weighted by Gasteiger charge is -2.26. The van der Waals surface area contributed by atoms with Crippen LogP contribution in [0.2, 0.25) is 0 Å². The summed E-state index contributed by atoms with van der Waals surface area (Å²) in [5.74, 6) is 0. The van der Waals surface area contributed by atoms with Crippen LogP contribution in [0.15, 0.2) is 0 Å². The van der Waals surface area contributed by atoms with Crippen molar-refractivity contribution in [3.05, 3.63) is 0 Å². The number of hydrogen-bond donors (Lipinski definition) is 2. The number of morpholine rings is 1. The second-order valence-corrected chi connectivity index (χ2v) is 3.86. The molecule has 0 aromatic rings. The van der Waals surface area contributed by atoms with Crippen LogP contribution in [-0.2, 0) is 4.74 Å². The van der Waals surface area contributed by atoms with Crippen LogP contribution in [-0.4, -0.2) is 49.7 Å². The summed E-state index contributed by atoms with van der Waals surface area (Å²) in [7, 11) is 0. The van der Waals surface area contributed by atoms with E-state index in [1.165, 1.54) is 0 Å². The first-order chi connectivity index (χ1) is 5.79. The lowest BCUT2D eigenvalue weighted by atomic mass is 10.4. The Kier molecular flexibility index (Phi) is 4.99. The first kappa shape index (κ1) is 10.3. The van der Waals surface area contributed by atoms with Crippen molar-refractivity contribution in [3.63, 3.8) is 0 Å². The zero-order valence-electron chi connectivity index (χ0n) is 7.62. The molecule has 72 valence electrons. The summed E-state index contributed by atoms with van der Waals surface area (Å²) in [5, 5.41) is 3.57. The van der Waals surface area contributed by atoms with Gasteiger partial charge in [-0.05, 0) is 6.92 Å². The number of rotatable bonds is 4. The molecule has 1 saturated heterocycles. The van der Waals surface area contributed by atoms with E-state index < -0.39 is 0 Å². The van der Waals surface area contributed by atoms with E-state index in [4.69, 9.17) is 4.74 Å². The van der Waals surface area contributed by atoms with E-state index in [1.807, 2.05) is 6.92 Å². The normalized spacial score (nSPS) is 22.5. The second kappa shape index (κ2) is 5.80. The molecule has 1 fully saturated rings. The Morgan fingerprint density at radius 1 is 1.50 bits per heavy atom. The fourth-order valence-electron chi connectivity index (χ4n) is 1.26. The van der Waals surface area contributed by atoms with Crippen LogP contribution >= 0.6 is 12.6 Å². The summed E-state index contributed by atoms with van der Waals surface area (Å²) < 4.78 is 5.25. The lowest BCUT2D eigenvalue weighted by Crippen LogP contribution is -2.41. The molecule has 0 bridgehead atoms. The minimum atomic E-state index is 0.297. The summed E-state index contributed by atoms with van der Waals surface area (Å²) >= 11 is 4.24. The Morgan fingerprint density at radius 2 is 2.17 bits per heavy atom. The van der Waals surface area contributed by atoms with E-state index in [-0.39, 0.29) is 0 Å². The minimum absolute atomic E-state index is 0.297. The number of nitrogens with one attached hydrogen (secondary N) is 1. The highest BCUT2D eigenvalue weighted by Gasteiger charge is 2.08. The first-order valence-electron chi connectivity index (χ1n) is 4.50. The van der Waals surface area contributed by atoms with Gasteiger partial charge in [-0.25, -0.2) is 0 Å². The molecule has 1 N–H and O–H groups in total. The maximum absolute atomic E-state index is 5.25. The molecule has 3 nitrogen and oxygen atoms in total. The van der Waals surface area contributed by atoms with Gasteiger partial charge in [0.05, 0.1) is 13.2 Å². The molecule has 4 heteroatoms. The third-order valence-electron chi connectivity index (χ3n) is 1.97. The molecule has 0 spiro atoms. The predicted molar refractivity (Wildman–Crippen MR) is 53.7 cm³/mol. The number of ether oxygens (including phenoxy) is 1.